The number of ether oxygens (including phenoxy) is 1. The molecule has 4 rings (SSSR count). The van der Waals surface area contributed by atoms with Gasteiger partial charge < -0.3 is 19.9 Å². The van der Waals surface area contributed by atoms with Crippen LogP contribution in [0.15, 0.2) is 85.5 Å². The largest absolute Gasteiger partial charge is 0.457 e. The molecule has 0 aliphatic rings. The molecule has 0 radical (unpaired) electrons. The first kappa shape index (κ1) is 23.6. The number of para-hydroxylation sites is 1. The number of benzene rings is 3. The Morgan fingerprint density at radius 1 is 0.853 bits per heavy atom. The van der Waals surface area contributed by atoms with Crippen molar-refractivity contribution < 1.29 is 4.74 Å². The molecule has 34 heavy (non-hydrogen) atoms. The topological polar surface area (TPSA) is 51.1 Å². The van der Waals surface area contributed by atoms with Gasteiger partial charge in [0, 0.05) is 41.4 Å². The molecule has 1 aromatic heterocycles. The third-order valence-electron chi connectivity index (χ3n) is 6.13. The summed E-state index contributed by atoms with van der Waals surface area (Å²) in [5.74, 6) is 1.57. The number of rotatable bonds is 7. The zero-order valence-corrected chi connectivity index (χ0v) is 20.9. The standard InChI is InChI=1S/C29H34N4O/c1-28(2,3)21-16-23(33-15-14-31-20-33)19-25(17-21)34-24-11-9-10-22(18-24)32-27-13-8-7-12-26(27)29(4,5)30-6/h7-20,30,32H,1-6H3. The highest BCUT2D eigenvalue weighted by atomic mass is 16.5. The van der Waals surface area contributed by atoms with E-state index in [2.05, 4.69) is 86.6 Å². The van der Waals surface area contributed by atoms with E-state index in [1.165, 1.54) is 11.1 Å². The molecule has 0 bridgehead atoms. The Labute approximate surface area is 202 Å². The lowest BCUT2D eigenvalue weighted by Gasteiger charge is -2.27. The van der Waals surface area contributed by atoms with Gasteiger partial charge in [-0.15, -0.1) is 0 Å². The predicted octanol–water partition coefficient (Wildman–Crippen LogP) is 7.16. The van der Waals surface area contributed by atoms with E-state index in [-0.39, 0.29) is 11.0 Å². The SMILES string of the molecule is CNC(C)(C)c1ccccc1Nc1cccc(Oc2cc(-n3ccnc3)cc(C(C)(C)C)c2)c1. The van der Waals surface area contributed by atoms with E-state index in [0.717, 1.165) is 28.6 Å². The normalized spacial score (nSPS) is 11.9. The van der Waals surface area contributed by atoms with Crippen molar-refractivity contribution in [3.63, 3.8) is 0 Å². The lowest BCUT2D eigenvalue weighted by Crippen LogP contribution is -2.33. The first-order valence-electron chi connectivity index (χ1n) is 11.6. The van der Waals surface area contributed by atoms with Gasteiger partial charge in [-0.1, -0.05) is 45.0 Å². The molecule has 5 heteroatoms. The summed E-state index contributed by atoms with van der Waals surface area (Å²) in [6.07, 6.45) is 5.53. The molecule has 0 spiro atoms. The maximum Gasteiger partial charge on any atom is 0.129 e. The summed E-state index contributed by atoms with van der Waals surface area (Å²) in [5, 5.41) is 6.97. The van der Waals surface area contributed by atoms with Gasteiger partial charge in [0.25, 0.3) is 0 Å². The molecule has 0 amide bonds. The molecule has 0 aliphatic carbocycles. The molecule has 0 fully saturated rings. The van der Waals surface area contributed by atoms with Crippen molar-refractivity contribution in [3.8, 4) is 17.2 Å². The van der Waals surface area contributed by atoms with E-state index in [0.29, 0.717) is 0 Å². The van der Waals surface area contributed by atoms with Crippen LogP contribution in [-0.2, 0) is 11.0 Å². The fraction of sp³-hybridized carbons (Fsp3) is 0.276. The number of hydrogen-bond acceptors (Lipinski definition) is 4. The molecular weight excluding hydrogens is 420 g/mol. The third-order valence-corrected chi connectivity index (χ3v) is 6.13. The lowest BCUT2D eigenvalue weighted by molar-refractivity contribution is 0.446. The van der Waals surface area contributed by atoms with Crippen LogP contribution in [0.1, 0.15) is 45.7 Å². The summed E-state index contributed by atoms with van der Waals surface area (Å²) in [6.45, 7) is 11.0. The van der Waals surface area contributed by atoms with Gasteiger partial charge in [0.1, 0.15) is 11.5 Å². The smallest absolute Gasteiger partial charge is 0.129 e. The van der Waals surface area contributed by atoms with E-state index in [1.807, 2.05) is 48.1 Å². The molecule has 0 saturated heterocycles. The summed E-state index contributed by atoms with van der Waals surface area (Å²) >= 11 is 0. The Morgan fingerprint density at radius 2 is 1.65 bits per heavy atom. The highest BCUT2D eigenvalue weighted by Gasteiger charge is 2.21. The van der Waals surface area contributed by atoms with Crippen LogP contribution in [0.25, 0.3) is 5.69 Å². The van der Waals surface area contributed by atoms with Gasteiger partial charge in [-0.25, -0.2) is 4.98 Å². The molecule has 3 aromatic carbocycles. The van der Waals surface area contributed by atoms with Crippen molar-refractivity contribution in [2.75, 3.05) is 12.4 Å². The molecule has 2 N–H and O–H groups in total. The van der Waals surface area contributed by atoms with Crippen LogP contribution in [0.3, 0.4) is 0 Å². The minimum Gasteiger partial charge on any atom is -0.457 e. The number of hydrogen-bond donors (Lipinski definition) is 2. The van der Waals surface area contributed by atoms with Gasteiger partial charge in [0.15, 0.2) is 0 Å². The molecule has 0 unspecified atom stereocenters. The van der Waals surface area contributed by atoms with Crippen molar-refractivity contribution in [1.82, 2.24) is 14.9 Å². The minimum absolute atomic E-state index is 0.0120. The molecule has 0 atom stereocenters. The first-order valence-corrected chi connectivity index (χ1v) is 11.6. The monoisotopic (exact) mass is 454 g/mol. The van der Waals surface area contributed by atoms with E-state index < -0.39 is 0 Å². The summed E-state index contributed by atoms with van der Waals surface area (Å²) in [6, 6.07) is 22.8. The van der Waals surface area contributed by atoms with Crippen LogP contribution in [0.5, 0.6) is 11.5 Å². The van der Waals surface area contributed by atoms with Gasteiger partial charge in [0.2, 0.25) is 0 Å². The maximum absolute atomic E-state index is 6.36. The van der Waals surface area contributed by atoms with Crippen LogP contribution in [0, 0.1) is 0 Å². The number of nitrogens with zero attached hydrogens (tertiary/aromatic N) is 2. The van der Waals surface area contributed by atoms with Gasteiger partial charge in [-0.2, -0.15) is 0 Å². The lowest BCUT2D eigenvalue weighted by atomic mass is 9.86. The van der Waals surface area contributed by atoms with Crippen LogP contribution in [-0.4, -0.2) is 16.6 Å². The Kier molecular flexibility index (Phi) is 6.49. The Balaban J connectivity index is 1.64. The first-order chi connectivity index (χ1) is 16.2. The minimum atomic E-state index is -0.158. The quantitative estimate of drug-likeness (QED) is 0.311. The average Bonchev–Trinajstić information content (AvgIpc) is 3.34. The van der Waals surface area contributed by atoms with Crippen LogP contribution in [0.2, 0.25) is 0 Å². The van der Waals surface area contributed by atoms with Crippen molar-refractivity contribution in [3.05, 3.63) is 96.6 Å². The molecule has 5 nitrogen and oxygen atoms in total. The summed E-state index contributed by atoms with van der Waals surface area (Å²) < 4.78 is 8.36. The molecule has 4 aromatic rings. The Bertz CT molecular complexity index is 1250. The summed E-state index contributed by atoms with van der Waals surface area (Å²) in [5.41, 5.74) is 5.29. The Hall–Kier alpha value is -3.57. The van der Waals surface area contributed by atoms with Crippen molar-refractivity contribution in [2.24, 2.45) is 0 Å². The summed E-state index contributed by atoms with van der Waals surface area (Å²) in [7, 11) is 1.98. The number of aromatic nitrogens is 2. The van der Waals surface area contributed by atoms with E-state index >= 15 is 0 Å². The fourth-order valence-corrected chi connectivity index (χ4v) is 3.84. The van der Waals surface area contributed by atoms with Gasteiger partial charge in [-0.05, 0) is 67.8 Å². The van der Waals surface area contributed by atoms with Gasteiger partial charge in [0.05, 0.1) is 12.0 Å². The average molecular weight is 455 g/mol. The van der Waals surface area contributed by atoms with E-state index in [1.54, 1.807) is 12.5 Å². The molecule has 176 valence electrons. The highest BCUT2D eigenvalue weighted by molar-refractivity contribution is 5.66. The molecular formula is C29H34N4O. The maximum atomic E-state index is 6.36. The predicted molar refractivity (Wildman–Crippen MR) is 141 cm³/mol. The summed E-state index contributed by atoms with van der Waals surface area (Å²) in [4.78, 5) is 4.20. The second-order valence-electron chi connectivity index (χ2n) is 10.1. The molecule has 1 heterocycles. The number of anilines is 2. The number of imidazole rings is 1. The van der Waals surface area contributed by atoms with E-state index in [4.69, 9.17) is 4.74 Å². The van der Waals surface area contributed by atoms with Crippen LogP contribution in [0.4, 0.5) is 11.4 Å². The van der Waals surface area contributed by atoms with Crippen LogP contribution >= 0.6 is 0 Å². The molecule has 0 aliphatic heterocycles. The zero-order valence-electron chi connectivity index (χ0n) is 20.9. The Morgan fingerprint density at radius 3 is 2.35 bits per heavy atom. The van der Waals surface area contributed by atoms with Crippen molar-refractivity contribution in [1.29, 1.82) is 0 Å². The van der Waals surface area contributed by atoms with Crippen molar-refractivity contribution >= 4 is 11.4 Å². The molecule has 0 saturated carbocycles. The third kappa shape index (κ3) is 5.32. The van der Waals surface area contributed by atoms with Gasteiger partial charge >= 0.3 is 0 Å². The van der Waals surface area contributed by atoms with E-state index in [9.17, 15) is 0 Å². The fourth-order valence-electron chi connectivity index (χ4n) is 3.84. The van der Waals surface area contributed by atoms with Crippen LogP contribution < -0.4 is 15.4 Å². The second kappa shape index (κ2) is 9.35. The highest BCUT2D eigenvalue weighted by Crippen LogP contribution is 2.34. The van der Waals surface area contributed by atoms with Gasteiger partial charge in [-0.3, -0.25) is 0 Å². The van der Waals surface area contributed by atoms with Crippen molar-refractivity contribution in [2.45, 2.75) is 45.6 Å². The zero-order chi connectivity index (χ0) is 24.3. The number of nitrogens with one attached hydrogen (secondary N) is 2. The second-order valence-corrected chi connectivity index (χ2v) is 10.1.